The van der Waals surface area contributed by atoms with Crippen LogP contribution in [0, 0.1) is 24.0 Å². The second kappa shape index (κ2) is 11.7. The molecule has 7 rings (SSSR count). The van der Waals surface area contributed by atoms with Gasteiger partial charge in [-0.05, 0) is 62.2 Å². The molecule has 4 aromatic rings. The van der Waals surface area contributed by atoms with Gasteiger partial charge in [0.05, 0.1) is 22.6 Å². The van der Waals surface area contributed by atoms with Gasteiger partial charge < -0.3 is 19.5 Å². The molecule has 2 aromatic heterocycles. The number of hydrogen-bond donors (Lipinski definition) is 1. The number of halogens is 3. The maximum Gasteiger partial charge on any atom is 0.319 e. The van der Waals surface area contributed by atoms with Crippen LogP contribution < -0.4 is 9.64 Å². The van der Waals surface area contributed by atoms with E-state index in [1.54, 1.807) is 7.11 Å². The summed E-state index contributed by atoms with van der Waals surface area (Å²) in [4.78, 5) is 18.0. The standard InChI is InChI=1S/C34H34F3N5O3/c1-3-24-27(36)9-8-20-13-22(43)14-25(28(20)24)30-29(37)31-26(16-38-30)32(41-11-5-4-7-23(18-41)44-2)40-33(39-31)45-19-34-10-6-12-42(34)17-21(35)15-34/h1,8-9,13-14,16,21,23,43H,4-7,10-12,15,17-19H2,2H3/t21-,23?,34+/m1/s1. The number of methoxy groups -OCH3 is 1. The highest BCUT2D eigenvalue weighted by molar-refractivity contribution is 6.03. The lowest BCUT2D eigenvalue weighted by Crippen LogP contribution is -2.43. The van der Waals surface area contributed by atoms with Crippen molar-refractivity contribution in [1.82, 2.24) is 19.9 Å². The topological polar surface area (TPSA) is 83.8 Å². The zero-order chi connectivity index (χ0) is 31.3. The van der Waals surface area contributed by atoms with E-state index in [9.17, 15) is 13.9 Å². The van der Waals surface area contributed by atoms with Crippen molar-refractivity contribution in [2.45, 2.75) is 56.3 Å². The Labute approximate surface area is 259 Å². The third-order valence-corrected chi connectivity index (χ3v) is 9.59. The predicted molar refractivity (Wildman–Crippen MR) is 165 cm³/mol. The van der Waals surface area contributed by atoms with Crippen LogP contribution in [0.25, 0.3) is 32.9 Å². The molecule has 2 aromatic carbocycles. The van der Waals surface area contributed by atoms with E-state index >= 15 is 4.39 Å². The number of anilines is 1. The molecule has 3 aliphatic heterocycles. The number of ether oxygens (including phenoxy) is 2. The first kappa shape index (κ1) is 29.6. The van der Waals surface area contributed by atoms with Gasteiger partial charge >= 0.3 is 6.01 Å². The summed E-state index contributed by atoms with van der Waals surface area (Å²) in [6.07, 6.45) is 11.1. The second-order valence-corrected chi connectivity index (χ2v) is 12.3. The third-order valence-electron chi connectivity index (χ3n) is 9.59. The number of aromatic hydroxyl groups is 1. The highest BCUT2D eigenvalue weighted by atomic mass is 19.1. The SMILES string of the molecule is C#Cc1c(F)ccc2cc(O)cc(-c3ncc4c(N5CCCCC(OC)C5)nc(OC[C@@]56CCCN5C[C@H](F)C6)nc4c3F)c12. The average molecular weight is 618 g/mol. The number of pyridine rings is 1. The Morgan fingerprint density at radius 1 is 1.13 bits per heavy atom. The number of nitrogens with zero attached hydrogens (tertiary/aromatic N) is 5. The first-order chi connectivity index (χ1) is 21.8. The van der Waals surface area contributed by atoms with E-state index in [0.29, 0.717) is 42.6 Å². The molecule has 3 fully saturated rings. The van der Waals surface area contributed by atoms with Gasteiger partial charge in [-0.15, -0.1) is 6.42 Å². The summed E-state index contributed by atoms with van der Waals surface area (Å²) >= 11 is 0. The molecule has 0 bridgehead atoms. The quantitative estimate of drug-likeness (QED) is 0.273. The first-order valence-corrected chi connectivity index (χ1v) is 15.4. The maximum absolute atomic E-state index is 16.8. The highest BCUT2D eigenvalue weighted by Crippen LogP contribution is 2.42. The molecule has 5 heterocycles. The lowest BCUT2D eigenvalue weighted by molar-refractivity contribution is 0.103. The van der Waals surface area contributed by atoms with E-state index in [0.717, 1.165) is 38.6 Å². The van der Waals surface area contributed by atoms with Crippen LogP contribution in [-0.4, -0.2) is 82.7 Å². The van der Waals surface area contributed by atoms with Gasteiger partial charge in [-0.25, -0.2) is 13.2 Å². The van der Waals surface area contributed by atoms with Crippen molar-refractivity contribution in [3.8, 4) is 35.4 Å². The number of rotatable bonds is 6. The number of hydrogen-bond acceptors (Lipinski definition) is 8. The molecule has 45 heavy (non-hydrogen) atoms. The molecular formula is C34H34F3N5O3. The first-order valence-electron chi connectivity index (χ1n) is 15.4. The molecule has 8 nitrogen and oxygen atoms in total. The average Bonchev–Trinajstić information content (AvgIpc) is 3.44. The lowest BCUT2D eigenvalue weighted by Gasteiger charge is -2.31. The second-order valence-electron chi connectivity index (χ2n) is 12.3. The maximum atomic E-state index is 16.8. The van der Waals surface area contributed by atoms with E-state index in [4.69, 9.17) is 20.9 Å². The summed E-state index contributed by atoms with van der Waals surface area (Å²) < 4.78 is 58.0. The van der Waals surface area contributed by atoms with Crippen molar-refractivity contribution >= 4 is 27.5 Å². The molecule has 1 unspecified atom stereocenters. The minimum absolute atomic E-state index is 0.0218. The molecule has 3 aliphatic rings. The molecule has 3 saturated heterocycles. The molecular weight excluding hydrogens is 583 g/mol. The van der Waals surface area contributed by atoms with Crippen LogP contribution in [0.5, 0.6) is 11.8 Å². The van der Waals surface area contributed by atoms with Gasteiger partial charge in [0.15, 0.2) is 5.82 Å². The van der Waals surface area contributed by atoms with Crippen molar-refractivity contribution in [3.63, 3.8) is 0 Å². The largest absolute Gasteiger partial charge is 0.508 e. The highest BCUT2D eigenvalue weighted by Gasteiger charge is 2.49. The van der Waals surface area contributed by atoms with E-state index in [2.05, 4.69) is 20.8 Å². The Hall–Kier alpha value is -4.14. The predicted octanol–water partition coefficient (Wildman–Crippen LogP) is 5.77. The number of terminal acetylenes is 1. The van der Waals surface area contributed by atoms with E-state index < -0.39 is 23.3 Å². The van der Waals surface area contributed by atoms with Crippen molar-refractivity contribution in [2.75, 3.05) is 44.8 Å². The van der Waals surface area contributed by atoms with Gasteiger partial charge in [-0.1, -0.05) is 12.0 Å². The smallest absolute Gasteiger partial charge is 0.319 e. The Balaban J connectivity index is 1.38. The van der Waals surface area contributed by atoms with E-state index in [-0.39, 0.29) is 52.2 Å². The molecule has 234 valence electrons. The normalized spacial score (nSPS) is 23.8. The zero-order valence-electron chi connectivity index (χ0n) is 25.0. The minimum atomic E-state index is -0.925. The molecule has 0 radical (unpaired) electrons. The summed E-state index contributed by atoms with van der Waals surface area (Å²) in [6, 6.07) is 5.42. The number of alkyl halides is 1. The summed E-state index contributed by atoms with van der Waals surface area (Å²) in [5.41, 5.74) is -0.560. The summed E-state index contributed by atoms with van der Waals surface area (Å²) in [5, 5.41) is 11.6. The summed E-state index contributed by atoms with van der Waals surface area (Å²) in [5.74, 6) is 1.24. The van der Waals surface area contributed by atoms with Gasteiger partial charge in [0.25, 0.3) is 0 Å². The molecule has 0 spiro atoms. The van der Waals surface area contributed by atoms with Crippen molar-refractivity contribution in [2.24, 2.45) is 0 Å². The van der Waals surface area contributed by atoms with Gasteiger partial charge in [-0.2, -0.15) is 9.97 Å². The monoisotopic (exact) mass is 617 g/mol. The number of phenols is 1. The number of phenolic OH excluding ortho intramolecular Hbond substituents is 1. The Morgan fingerprint density at radius 3 is 2.82 bits per heavy atom. The van der Waals surface area contributed by atoms with E-state index in [1.165, 1.54) is 30.5 Å². The van der Waals surface area contributed by atoms with Gasteiger partial charge in [0, 0.05) is 50.3 Å². The number of benzene rings is 2. The van der Waals surface area contributed by atoms with Crippen molar-refractivity contribution in [1.29, 1.82) is 0 Å². The fourth-order valence-electron chi connectivity index (χ4n) is 7.40. The number of aromatic nitrogens is 3. The summed E-state index contributed by atoms with van der Waals surface area (Å²) in [7, 11) is 1.67. The Kier molecular flexibility index (Phi) is 7.66. The van der Waals surface area contributed by atoms with Gasteiger partial charge in [-0.3, -0.25) is 9.88 Å². The van der Waals surface area contributed by atoms with Crippen molar-refractivity contribution < 1.29 is 27.8 Å². The van der Waals surface area contributed by atoms with Crippen LogP contribution in [0.3, 0.4) is 0 Å². The molecule has 0 amide bonds. The molecule has 1 N–H and O–H groups in total. The Bertz CT molecular complexity index is 1830. The van der Waals surface area contributed by atoms with E-state index in [1.807, 2.05) is 4.90 Å². The molecule has 11 heteroatoms. The molecule has 3 atom stereocenters. The van der Waals surface area contributed by atoms with Crippen LogP contribution in [0.15, 0.2) is 30.5 Å². The molecule has 0 saturated carbocycles. The van der Waals surface area contributed by atoms with Crippen LogP contribution >= 0.6 is 0 Å². The Morgan fingerprint density at radius 2 is 2.00 bits per heavy atom. The summed E-state index contributed by atoms with van der Waals surface area (Å²) in [6.45, 7) is 2.57. The zero-order valence-corrected chi connectivity index (χ0v) is 25.0. The van der Waals surface area contributed by atoms with Gasteiger partial charge in [0.2, 0.25) is 0 Å². The lowest BCUT2D eigenvalue weighted by atomic mass is 9.95. The minimum Gasteiger partial charge on any atom is -0.508 e. The van der Waals surface area contributed by atoms with Crippen molar-refractivity contribution in [3.05, 3.63) is 47.7 Å². The number of fused-ring (bicyclic) bond motifs is 3. The van der Waals surface area contributed by atoms with Crippen LogP contribution in [-0.2, 0) is 4.74 Å². The van der Waals surface area contributed by atoms with Gasteiger partial charge in [0.1, 0.15) is 41.4 Å². The fraction of sp³-hybridized carbons (Fsp3) is 0.441. The molecule has 0 aliphatic carbocycles. The van der Waals surface area contributed by atoms with Crippen LogP contribution in [0.1, 0.15) is 44.1 Å². The third kappa shape index (κ3) is 5.20. The fourth-order valence-corrected chi connectivity index (χ4v) is 7.40. The van der Waals surface area contributed by atoms with Crippen LogP contribution in [0.4, 0.5) is 19.0 Å². The van der Waals surface area contributed by atoms with Crippen LogP contribution in [0.2, 0.25) is 0 Å².